The molecular formula is C14H15NO4. The van der Waals surface area contributed by atoms with E-state index in [9.17, 15) is 14.4 Å². The Hall–Kier alpha value is -2.17. The van der Waals surface area contributed by atoms with E-state index in [1.807, 2.05) is 30.3 Å². The summed E-state index contributed by atoms with van der Waals surface area (Å²) in [5.74, 6) is -0.737. The number of carbonyl (C=O) groups excluding carboxylic acids is 3. The molecule has 1 aromatic rings. The van der Waals surface area contributed by atoms with Crippen molar-refractivity contribution < 1.29 is 19.1 Å². The van der Waals surface area contributed by atoms with E-state index in [0.717, 1.165) is 5.56 Å². The Morgan fingerprint density at radius 3 is 2.53 bits per heavy atom. The summed E-state index contributed by atoms with van der Waals surface area (Å²) in [6.07, 6.45) is 0.434. The predicted octanol–water partition coefficient (Wildman–Crippen LogP) is 1.56. The first-order chi connectivity index (χ1) is 9.08. The van der Waals surface area contributed by atoms with Gasteiger partial charge in [-0.05, 0) is 25.3 Å². The maximum absolute atomic E-state index is 11.6. The zero-order valence-electron chi connectivity index (χ0n) is 10.7. The number of hydrogen-bond acceptors (Lipinski definition) is 4. The van der Waals surface area contributed by atoms with E-state index in [2.05, 4.69) is 4.74 Å². The largest absolute Gasteiger partial charge is 0.418 e. The van der Waals surface area contributed by atoms with Crippen molar-refractivity contribution in [2.45, 2.75) is 25.8 Å². The molecular weight excluding hydrogens is 246 g/mol. The normalized spacial score (nSPS) is 16.4. The van der Waals surface area contributed by atoms with Crippen molar-refractivity contribution >= 4 is 17.8 Å². The Kier molecular flexibility index (Phi) is 3.94. The Labute approximate surface area is 111 Å². The van der Waals surface area contributed by atoms with Crippen LogP contribution < -0.4 is 0 Å². The smallest absolute Gasteiger partial charge is 0.375 e. The van der Waals surface area contributed by atoms with Crippen LogP contribution in [0.15, 0.2) is 30.3 Å². The lowest BCUT2D eigenvalue weighted by Crippen LogP contribution is -2.41. The number of cyclic esters (lactones) is 2. The van der Waals surface area contributed by atoms with Crippen molar-refractivity contribution in [1.82, 2.24) is 4.90 Å². The summed E-state index contributed by atoms with van der Waals surface area (Å²) in [6, 6.07) is 9.09. The molecule has 5 heteroatoms. The van der Waals surface area contributed by atoms with Crippen molar-refractivity contribution in [2.75, 3.05) is 6.54 Å². The van der Waals surface area contributed by atoms with E-state index in [1.54, 1.807) is 0 Å². The molecule has 1 aliphatic heterocycles. The van der Waals surface area contributed by atoms with Crippen LogP contribution in [-0.4, -0.2) is 35.3 Å². The molecule has 0 N–H and O–H groups in total. The quantitative estimate of drug-likeness (QED) is 0.596. The SMILES string of the molecule is CC(=O)C(CCc1ccccc1)N1CC(=O)OC1=O. The minimum absolute atomic E-state index is 0.136. The molecule has 5 nitrogen and oxygen atoms in total. The molecule has 0 aliphatic carbocycles. The number of hydrogen-bond donors (Lipinski definition) is 0. The van der Waals surface area contributed by atoms with Crippen molar-refractivity contribution in [3.05, 3.63) is 35.9 Å². The fourth-order valence-corrected chi connectivity index (χ4v) is 2.16. The van der Waals surface area contributed by atoms with Crippen LogP contribution in [-0.2, 0) is 20.7 Å². The highest BCUT2D eigenvalue weighted by atomic mass is 16.6. The third kappa shape index (κ3) is 3.19. The van der Waals surface area contributed by atoms with E-state index in [0.29, 0.717) is 12.8 Å². The molecule has 1 aromatic carbocycles. The number of aryl methyl sites for hydroxylation is 1. The lowest BCUT2D eigenvalue weighted by molar-refractivity contribution is -0.132. The summed E-state index contributed by atoms with van der Waals surface area (Å²) in [5.41, 5.74) is 1.09. The molecule has 1 heterocycles. The fourth-order valence-electron chi connectivity index (χ4n) is 2.16. The van der Waals surface area contributed by atoms with Gasteiger partial charge >= 0.3 is 12.1 Å². The number of rotatable bonds is 5. The summed E-state index contributed by atoms with van der Waals surface area (Å²) in [4.78, 5) is 35.4. The molecule has 0 saturated carbocycles. The number of Topliss-reactive ketones (excluding diaryl/α,β-unsaturated/α-hetero) is 1. The first-order valence-corrected chi connectivity index (χ1v) is 6.13. The van der Waals surface area contributed by atoms with Crippen LogP contribution in [0, 0.1) is 0 Å². The number of benzene rings is 1. The Morgan fingerprint density at radius 1 is 1.32 bits per heavy atom. The fraction of sp³-hybridized carbons (Fsp3) is 0.357. The zero-order valence-corrected chi connectivity index (χ0v) is 10.7. The molecule has 0 bridgehead atoms. The molecule has 1 atom stereocenters. The summed E-state index contributed by atoms with van der Waals surface area (Å²) in [6.45, 7) is 1.28. The van der Waals surface area contributed by atoms with E-state index in [1.165, 1.54) is 11.8 Å². The van der Waals surface area contributed by atoms with Crippen molar-refractivity contribution in [3.8, 4) is 0 Å². The lowest BCUT2D eigenvalue weighted by Gasteiger charge is -2.22. The van der Waals surface area contributed by atoms with Gasteiger partial charge in [0.05, 0.1) is 6.04 Å². The number of esters is 1. The van der Waals surface area contributed by atoms with E-state index in [-0.39, 0.29) is 12.3 Å². The van der Waals surface area contributed by atoms with Crippen LogP contribution in [0.2, 0.25) is 0 Å². The van der Waals surface area contributed by atoms with Crippen molar-refractivity contribution in [3.63, 3.8) is 0 Å². The molecule has 19 heavy (non-hydrogen) atoms. The number of ether oxygens (including phenoxy) is 1. The summed E-state index contributed by atoms with van der Waals surface area (Å²) < 4.78 is 4.45. The number of carbonyl (C=O) groups is 3. The second kappa shape index (κ2) is 5.65. The molecule has 0 radical (unpaired) electrons. The summed E-state index contributed by atoms with van der Waals surface area (Å²) in [5, 5.41) is 0. The molecule has 100 valence electrons. The monoisotopic (exact) mass is 261 g/mol. The number of ketones is 1. The van der Waals surface area contributed by atoms with Gasteiger partial charge in [-0.25, -0.2) is 9.59 Å². The van der Waals surface area contributed by atoms with Crippen LogP contribution in [0.5, 0.6) is 0 Å². The molecule has 0 aromatic heterocycles. The first-order valence-electron chi connectivity index (χ1n) is 6.13. The first kappa shape index (κ1) is 13.3. The lowest BCUT2D eigenvalue weighted by atomic mass is 10.0. The minimum atomic E-state index is -0.724. The van der Waals surface area contributed by atoms with Gasteiger partial charge in [0.15, 0.2) is 5.78 Å². The topological polar surface area (TPSA) is 63.7 Å². The summed E-state index contributed by atoms with van der Waals surface area (Å²) in [7, 11) is 0. The van der Waals surface area contributed by atoms with E-state index >= 15 is 0 Å². The van der Waals surface area contributed by atoms with Crippen LogP contribution in [0.3, 0.4) is 0 Å². The molecule has 1 amide bonds. The van der Waals surface area contributed by atoms with Crippen molar-refractivity contribution in [2.24, 2.45) is 0 Å². The van der Waals surface area contributed by atoms with E-state index < -0.39 is 18.1 Å². The average molecular weight is 261 g/mol. The predicted molar refractivity (Wildman–Crippen MR) is 67.4 cm³/mol. The van der Waals surface area contributed by atoms with Gasteiger partial charge in [0.1, 0.15) is 6.54 Å². The van der Waals surface area contributed by atoms with Gasteiger partial charge in [-0.2, -0.15) is 0 Å². The van der Waals surface area contributed by atoms with Crippen molar-refractivity contribution in [1.29, 1.82) is 0 Å². The third-order valence-electron chi connectivity index (χ3n) is 3.13. The standard InChI is InChI=1S/C14H15NO4/c1-10(16)12(15-9-13(17)19-14(15)18)8-7-11-5-3-2-4-6-11/h2-6,12H,7-9H2,1H3. The highest BCUT2D eigenvalue weighted by molar-refractivity contribution is 5.96. The highest BCUT2D eigenvalue weighted by Crippen LogP contribution is 2.16. The van der Waals surface area contributed by atoms with Gasteiger partial charge in [-0.1, -0.05) is 30.3 Å². The maximum atomic E-state index is 11.6. The molecule has 0 spiro atoms. The van der Waals surface area contributed by atoms with Gasteiger partial charge in [-0.15, -0.1) is 0 Å². The highest BCUT2D eigenvalue weighted by Gasteiger charge is 2.37. The third-order valence-corrected chi connectivity index (χ3v) is 3.13. The average Bonchev–Trinajstić information content (AvgIpc) is 2.70. The zero-order chi connectivity index (χ0) is 13.8. The van der Waals surface area contributed by atoms with Crippen LogP contribution >= 0.6 is 0 Å². The van der Waals surface area contributed by atoms with Gasteiger partial charge in [-0.3, -0.25) is 9.69 Å². The van der Waals surface area contributed by atoms with Gasteiger partial charge < -0.3 is 4.74 Å². The number of nitrogens with zero attached hydrogens (tertiary/aromatic N) is 1. The van der Waals surface area contributed by atoms with Gasteiger partial charge in [0.2, 0.25) is 0 Å². The molecule has 2 rings (SSSR count). The number of amides is 1. The Balaban J connectivity index is 2.03. The van der Waals surface area contributed by atoms with E-state index in [4.69, 9.17) is 0 Å². The maximum Gasteiger partial charge on any atom is 0.418 e. The Morgan fingerprint density at radius 2 is 2.00 bits per heavy atom. The minimum Gasteiger partial charge on any atom is -0.375 e. The molecule has 1 fully saturated rings. The second-order valence-electron chi connectivity index (χ2n) is 4.52. The van der Waals surface area contributed by atoms with Crippen LogP contribution in [0.1, 0.15) is 18.9 Å². The molecule has 1 saturated heterocycles. The van der Waals surface area contributed by atoms with Gasteiger partial charge in [0.25, 0.3) is 0 Å². The summed E-state index contributed by atoms with van der Waals surface area (Å²) >= 11 is 0. The van der Waals surface area contributed by atoms with Gasteiger partial charge in [0, 0.05) is 0 Å². The molecule has 1 unspecified atom stereocenters. The van der Waals surface area contributed by atoms with Crippen LogP contribution in [0.25, 0.3) is 0 Å². The van der Waals surface area contributed by atoms with Crippen LogP contribution in [0.4, 0.5) is 4.79 Å². The Bertz CT molecular complexity index is 497. The molecule has 1 aliphatic rings. The second-order valence-corrected chi connectivity index (χ2v) is 4.52.